The SMILES string of the molecule is CCCCOCCOc1ccccc1/C(C)=N/O. The molecule has 1 aromatic rings. The van der Waals surface area contributed by atoms with Crippen LogP contribution in [0.3, 0.4) is 0 Å². The van der Waals surface area contributed by atoms with Gasteiger partial charge in [0.05, 0.1) is 12.3 Å². The number of ether oxygens (including phenoxy) is 2. The summed E-state index contributed by atoms with van der Waals surface area (Å²) < 4.78 is 11.0. The summed E-state index contributed by atoms with van der Waals surface area (Å²) in [7, 11) is 0. The lowest BCUT2D eigenvalue weighted by Crippen LogP contribution is -2.09. The number of unbranched alkanes of at least 4 members (excludes halogenated alkanes) is 1. The van der Waals surface area contributed by atoms with Crippen molar-refractivity contribution in [2.45, 2.75) is 26.7 Å². The van der Waals surface area contributed by atoms with Crippen molar-refractivity contribution < 1.29 is 14.7 Å². The standard InChI is InChI=1S/C14H21NO3/c1-3-4-9-17-10-11-18-14-8-6-5-7-13(14)12(2)15-16/h5-8,16H,3-4,9-11H2,1-2H3/b15-12+. The van der Waals surface area contributed by atoms with Crippen molar-refractivity contribution in [3.05, 3.63) is 29.8 Å². The molecule has 0 spiro atoms. The number of nitrogens with zero attached hydrogens (tertiary/aromatic N) is 1. The molecular formula is C14H21NO3. The molecule has 0 fully saturated rings. The fourth-order valence-electron chi connectivity index (χ4n) is 1.50. The van der Waals surface area contributed by atoms with Gasteiger partial charge in [-0.05, 0) is 25.5 Å². The van der Waals surface area contributed by atoms with E-state index in [0.717, 1.165) is 25.0 Å². The maximum Gasteiger partial charge on any atom is 0.128 e. The Hall–Kier alpha value is -1.55. The molecule has 0 aliphatic carbocycles. The van der Waals surface area contributed by atoms with Crippen LogP contribution in [0, 0.1) is 0 Å². The van der Waals surface area contributed by atoms with Gasteiger partial charge in [0.2, 0.25) is 0 Å². The number of para-hydroxylation sites is 1. The van der Waals surface area contributed by atoms with Crippen molar-refractivity contribution in [3.8, 4) is 5.75 Å². The largest absolute Gasteiger partial charge is 0.490 e. The highest BCUT2D eigenvalue weighted by atomic mass is 16.5. The van der Waals surface area contributed by atoms with Crippen LogP contribution in [0.1, 0.15) is 32.3 Å². The van der Waals surface area contributed by atoms with Gasteiger partial charge in [0.15, 0.2) is 0 Å². The van der Waals surface area contributed by atoms with Gasteiger partial charge in [-0.3, -0.25) is 0 Å². The molecule has 1 aromatic carbocycles. The zero-order chi connectivity index (χ0) is 13.2. The van der Waals surface area contributed by atoms with Crippen LogP contribution in [0.4, 0.5) is 0 Å². The van der Waals surface area contributed by atoms with Crippen LogP contribution in [-0.2, 0) is 4.74 Å². The molecule has 0 radical (unpaired) electrons. The van der Waals surface area contributed by atoms with Gasteiger partial charge < -0.3 is 14.7 Å². The van der Waals surface area contributed by atoms with Crippen LogP contribution >= 0.6 is 0 Å². The van der Waals surface area contributed by atoms with E-state index < -0.39 is 0 Å². The summed E-state index contributed by atoms with van der Waals surface area (Å²) in [6, 6.07) is 7.49. The first-order chi connectivity index (χ1) is 8.79. The van der Waals surface area contributed by atoms with E-state index in [1.54, 1.807) is 6.92 Å². The van der Waals surface area contributed by atoms with E-state index in [4.69, 9.17) is 14.7 Å². The first-order valence-corrected chi connectivity index (χ1v) is 6.28. The van der Waals surface area contributed by atoms with Gasteiger partial charge in [-0.15, -0.1) is 0 Å². The van der Waals surface area contributed by atoms with Crippen molar-refractivity contribution in [1.82, 2.24) is 0 Å². The smallest absolute Gasteiger partial charge is 0.128 e. The molecule has 0 atom stereocenters. The molecule has 100 valence electrons. The lowest BCUT2D eigenvalue weighted by Gasteiger charge is -2.10. The number of rotatable bonds is 8. The highest BCUT2D eigenvalue weighted by Gasteiger charge is 2.06. The second-order valence-corrected chi connectivity index (χ2v) is 4.00. The van der Waals surface area contributed by atoms with Gasteiger partial charge in [-0.25, -0.2) is 0 Å². The molecule has 4 heteroatoms. The van der Waals surface area contributed by atoms with Gasteiger partial charge in [0, 0.05) is 12.2 Å². The van der Waals surface area contributed by atoms with E-state index in [1.807, 2.05) is 24.3 Å². The molecule has 1 N–H and O–H groups in total. The fourth-order valence-corrected chi connectivity index (χ4v) is 1.50. The Balaban J connectivity index is 2.42. The first kappa shape index (κ1) is 14.5. The van der Waals surface area contributed by atoms with E-state index in [1.165, 1.54) is 0 Å². The van der Waals surface area contributed by atoms with Crippen LogP contribution in [0.2, 0.25) is 0 Å². The summed E-state index contributed by atoms with van der Waals surface area (Å²) in [4.78, 5) is 0. The topological polar surface area (TPSA) is 51.0 Å². The third-order valence-electron chi connectivity index (χ3n) is 2.55. The van der Waals surface area contributed by atoms with Crippen molar-refractivity contribution in [2.75, 3.05) is 19.8 Å². The maximum atomic E-state index is 8.79. The number of oxime groups is 1. The predicted molar refractivity (Wildman–Crippen MR) is 71.7 cm³/mol. The van der Waals surface area contributed by atoms with E-state index in [0.29, 0.717) is 24.7 Å². The van der Waals surface area contributed by atoms with Gasteiger partial charge in [-0.1, -0.05) is 30.6 Å². The van der Waals surface area contributed by atoms with E-state index >= 15 is 0 Å². The Labute approximate surface area is 108 Å². The molecule has 0 aliphatic heterocycles. The number of benzene rings is 1. The molecule has 1 rings (SSSR count). The molecular weight excluding hydrogens is 230 g/mol. The molecule has 0 aromatic heterocycles. The van der Waals surface area contributed by atoms with E-state index in [2.05, 4.69) is 12.1 Å². The number of hydrogen-bond acceptors (Lipinski definition) is 4. The van der Waals surface area contributed by atoms with Gasteiger partial charge in [-0.2, -0.15) is 0 Å². The molecule has 18 heavy (non-hydrogen) atoms. The molecule has 0 saturated carbocycles. The van der Waals surface area contributed by atoms with Crippen LogP contribution in [0.5, 0.6) is 5.75 Å². The molecule has 0 aliphatic rings. The van der Waals surface area contributed by atoms with Gasteiger partial charge >= 0.3 is 0 Å². The molecule has 0 amide bonds. The average Bonchev–Trinajstić information content (AvgIpc) is 2.42. The van der Waals surface area contributed by atoms with Crippen molar-refractivity contribution in [3.63, 3.8) is 0 Å². The highest BCUT2D eigenvalue weighted by Crippen LogP contribution is 2.18. The minimum Gasteiger partial charge on any atom is -0.490 e. The lowest BCUT2D eigenvalue weighted by molar-refractivity contribution is 0.0980. The Morgan fingerprint density at radius 2 is 2.00 bits per heavy atom. The molecule has 0 heterocycles. The second-order valence-electron chi connectivity index (χ2n) is 4.00. The summed E-state index contributed by atoms with van der Waals surface area (Å²) in [6.45, 7) is 5.72. The Morgan fingerprint density at radius 3 is 2.72 bits per heavy atom. The minimum absolute atomic E-state index is 0.499. The lowest BCUT2D eigenvalue weighted by atomic mass is 10.1. The Kier molecular flexibility index (Phi) is 6.87. The first-order valence-electron chi connectivity index (χ1n) is 6.28. The summed E-state index contributed by atoms with van der Waals surface area (Å²) in [5.74, 6) is 0.715. The van der Waals surface area contributed by atoms with Crippen LogP contribution < -0.4 is 4.74 Å². The summed E-state index contributed by atoms with van der Waals surface area (Å²) in [5.41, 5.74) is 1.34. The quantitative estimate of drug-likeness (QED) is 0.334. The maximum absolute atomic E-state index is 8.79. The summed E-state index contributed by atoms with van der Waals surface area (Å²) >= 11 is 0. The normalized spacial score (nSPS) is 11.6. The minimum atomic E-state index is 0.499. The second kappa shape index (κ2) is 8.53. The molecule has 0 bridgehead atoms. The Morgan fingerprint density at radius 1 is 1.22 bits per heavy atom. The molecule has 4 nitrogen and oxygen atoms in total. The van der Waals surface area contributed by atoms with E-state index in [9.17, 15) is 0 Å². The third-order valence-corrected chi connectivity index (χ3v) is 2.55. The summed E-state index contributed by atoms with van der Waals surface area (Å²) in [5, 5.41) is 12.0. The Bertz CT molecular complexity index is 377. The molecule has 0 saturated heterocycles. The van der Waals surface area contributed by atoms with Crippen molar-refractivity contribution >= 4 is 5.71 Å². The van der Waals surface area contributed by atoms with Gasteiger partial charge in [0.25, 0.3) is 0 Å². The molecule has 0 unspecified atom stereocenters. The van der Waals surface area contributed by atoms with Crippen LogP contribution in [0.15, 0.2) is 29.4 Å². The fraction of sp³-hybridized carbons (Fsp3) is 0.500. The number of hydrogen-bond donors (Lipinski definition) is 1. The average molecular weight is 251 g/mol. The van der Waals surface area contributed by atoms with Crippen LogP contribution in [-0.4, -0.2) is 30.7 Å². The highest BCUT2D eigenvalue weighted by molar-refractivity contribution is 6.00. The zero-order valence-corrected chi connectivity index (χ0v) is 11.1. The monoisotopic (exact) mass is 251 g/mol. The summed E-state index contributed by atoms with van der Waals surface area (Å²) in [6.07, 6.45) is 2.21. The van der Waals surface area contributed by atoms with Crippen LogP contribution in [0.25, 0.3) is 0 Å². The van der Waals surface area contributed by atoms with Gasteiger partial charge in [0.1, 0.15) is 12.4 Å². The predicted octanol–water partition coefficient (Wildman–Crippen LogP) is 3.08. The van der Waals surface area contributed by atoms with Crippen molar-refractivity contribution in [2.24, 2.45) is 5.16 Å². The third kappa shape index (κ3) is 4.75. The van der Waals surface area contributed by atoms with Crippen molar-refractivity contribution in [1.29, 1.82) is 0 Å². The van der Waals surface area contributed by atoms with E-state index in [-0.39, 0.29) is 0 Å². The zero-order valence-electron chi connectivity index (χ0n) is 11.1.